The molecule has 0 radical (unpaired) electrons. The molecule has 31 heavy (non-hydrogen) atoms. The highest BCUT2D eigenvalue weighted by molar-refractivity contribution is 7.15. The molecule has 1 aliphatic carbocycles. The minimum absolute atomic E-state index is 0.145. The van der Waals surface area contributed by atoms with E-state index < -0.39 is 0 Å². The molecule has 0 bridgehead atoms. The first-order chi connectivity index (χ1) is 14.9. The molecule has 1 heterocycles. The van der Waals surface area contributed by atoms with E-state index in [1.807, 2.05) is 24.3 Å². The molecule has 4 nitrogen and oxygen atoms in total. The van der Waals surface area contributed by atoms with Crippen LogP contribution in [0.5, 0.6) is 0 Å². The second-order valence-electron chi connectivity index (χ2n) is 8.54. The first-order valence-electron chi connectivity index (χ1n) is 10.9. The summed E-state index contributed by atoms with van der Waals surface area (Å²) in [6.45, 7) is 4.99. The van der Waals surface area contributed by atoms with E-state index in [1.54, 1.807) is 6.07 Å². The molecule has 3 atom stereocenters. The lowest BCUT2D eigenvalue weighted by Gasteiger charge is -2.17. The Balaban J connectivity index is 1.51. The topological polar surface area (TPSA) is 75.4 Å². The van der Waals surface area contributed by atoms with E-state index >= 15 is 0 Å². The Morgan fingerprint density at radius 3 is 2.74 bits per heavy atom. The van der Waals surface area contributed by atoms with Gasteiger partial charge in [-0.3, -0.25) is 4.79 Å². The summed E-state index contributed by atoms with van der Waals surface area (Å²) in [5.41, 5.74) is 10.6. The molecule has 2 aromatic carbocycles. The van der Waals surface area contributed by atoms with Crippen molar-refractivity contribution in [2.75, 3.05) is 0 Å². The Hall–Kier alpha value is -2.47. The molecule has 0 spiro atoms. The Bertz CT molecular complexity index is 1070. The predicted molar refractivity (Wildman–Crippen MR) is 127 cm³/mol. The molecule has 5 heteroatoms. The van der Waals surface area contributed by atoms with Crippen LogP contribution in [-0.4, -0.2) is 23.2 Å². The van der Waals surface area contributed by atoms with E-state index in [0.717, 1.165) is 36.9 Å². The Labute approximate surface area is 188 Å². The van der Waals surface area contributed by atoms with Gasteiger partial charge in [0.15, 0.2) is 0 Å². The van der Waals surface area contributed by atoms with Crippen molar-refractivity contribution in [2.45, 2.75) is 57.7 Å². The number of hydrogen-bond acceptors (Lipinski definition) is 4. The maximum absolute atomic E-state index is 11.7. The van der Waals surface area contributed by atoms with E-state index in [0.29, 0.717) is 11.6 Å². The lowest BCUT2D eigenvalue weighted by Crippen LogP contribution is -2.25. The van der Waals surface area contributed by atoms with E-state index in [-0.39, 0.29) is 17.9 Å². The van der Waals surface area contributed by atoms with Crippen molar-refractivity contribution in [3.8, 4) is 10.4 Å². The SMILES string of the molecule is Cc1c(C(N)=O)cccc1[C@H](C)c1cccc(-c2ccc(CN[C@@H]3CC[C@@H](O)C3)s2)c1. The number of nitrogens with two attached hydrogens (primary N) is 1. The van der Waals surface area contributed by atoms with Gasteiger partial charge in [0, 0.05) is 33.8 Å². The van der Waals surface area contributed by atoms with Gasteiger partial charge in [-0.1, -0.05) is 37.3 Å². The van der Waals surface area contributed by atoms with Gasteiger partial charge in [-0.25, -0.2) is 0 Å². The minimum atomic E-state index is -0.382. The Kier molecular flexibility index (Phi) is 6.56. The summed E-state index contributed by atoms with van der Waals surface area (Å²) in [6, 6.07) is 19.2. The number of hydrogen-bond donors (Lipinski definition) is 3. The van der Waals surface area contributed by atoms with Crippen molar-refractivity contribution in [1.82, 2.24) is 5.32 Å². The summed E-state index contributed by atoms with van der Waals surface area (Å²) < 4.78 is 0. The average molecular weight is 435 g/mol. The summed E-state index contributed by atoms with van der Waals surface area (Å²) >= 11 is 1.81. The second-order valence-corrected chi connectivity index (χ2v) is 9.71. The molecule has 4 N–H and O–H groups in total. The van der Waals surface area contributed by atoms with Gasteiger partial charge in [0.2, 0.25) is 5.91 Å². The van der Waals surface area contributed by atoms with Crippen molar-refractivity contribution in [1.29, 1.82) is 0 Å². The van der Waals surface area contributed by atoms with Gasteiger partial charge in [0.05, 0.1) is 6.10 Å². The van der Waals surface area contributed by atoms with Crippen LogP contribution in [0.15, 0.2) is 54.6 Å². The fourth-order valence-corrected chi connectivity index (χ4v) is 5.50. The highest BCUT2D eigenvalue weighted by atomic mass is 32.1. The van der Waals surface area contributed by atoms with Crippen LogP contribution in [0.2, 0.25) is 0 Å². The van der Waals surface area contributed by atoms with Crippen LogP contribution in [-0.2, 0) is 6.54 Å². The van der Waals surface area contributed by atoms with E-state index in [4.69, 9.17) is 5.73 Å². The van der Waals surface area contributed by atoms with E-state index in [2.05, 4.69) is 54.7 Å². The van der Waals surface area contributed by atoms with Crippen molar-refractivity contribution in [3.63, 3.8) is 0 Å². The fraction of sp³-hybridized carbons (Fsp3) is 0.346. The Morgan fingerprint density at radius 1 is 1.19 bits per heavy atom. The number of amides is 1. The van der Waals surface area contributed by atoms with Crippen molar-refractivity contribution < 1.29 is 9.90 Å². The van der Waals surface area contributed by atoms with Crippen molar-refractivity contribution in [2.24, 2.45) is 5.73 Å². The third-order valence-corrected chi connectivity index (χ3v) is 7.54. The van der Waals surface area contributed by atoms with Crippen LogP contribution in [0.3, 0.4) is 0 Å². The summed E-state index contributed by atoms with van der Waals surface area (Å²) in [6.07, 6.45) is 2.66. The number of aliphatic hydroxyl groups excluding tert-OH is 1. The summed E-state index contributed by atoms with van der Waals surface area (Å²) in [5.74, 6) is -0.221. The molecule has 1 aliphatic rings. The monoisotopic (exact) mass is 434 g/mol. The number of aliphatic hydroxyl groups is 1. The normalized spacial score (nSPS) is 19.5. The number of rotatable bonds is 7. The molecule has 3 aromatic rings. The van der Waals surface area contributed by atoms with E-state index in [1.165, 1.54) is 20.9 Å². The zero-order valence-electron chi connectivity index (χ0n) is 18.1. The van der Waals surface area contributed by atoms with Gasteiger partial charge < -0.3 is 16.2 Å². The molecule has 1 amide bonds. The largest absolute Gasteiger partial charge is 0.393 e. The molecule has 1 aromatic heterocycles. The molecular weight excluding hydrogens is 404 g/mol. The molecular formula is C26H30N2O2S. The molecule has 162 valence electrons. The molecule has 0 unspecified atom stereocenters. The van der Waals surface area contributed by atoms with Gasteiger partial charge in [-0.05, 0) is 72.7 Å². The van der Waals surface area contributed by atoms with Crippen LogP contribution in [0, 0.1) is 6.92 Å². The quantitative estimate of drug-likeness (QED) is 0.491. The number of carbonyl (C=O) groups excluding carboxylic acids is 1. The lowest BCUT2D eigenvalue weighted by molar-refractivity contribution is 0.0999. The first-order valence-corrected chi connectivity index (χ1v) is 11.7. The smallest absolute Gasteiger partial charge is 0.248 e. The number of carbonyl (C=O) groups is 1. The van der Waals surface area contributed by atoms with Gasteiger partial charge in [-0.15, -0.1) is 11.3 Å². The minimum Gasteiger partial charge on any atom is -0.393 e. The maximum Gasteiger partial charge on any atom is 0.248 e. The Morgan fingerprint density at radius 2 is 2.00 bits per heavy atom. The first kappa shape index (κ1) is 21.8. The average Bonchev–Trinajstić information content (AvgIpc) is 3.41. The summed E-state index contributed by atoms with van der Waals surface area (Å²) in [4.78, 5) is 14.3. The molecule has 1 saturated carbocycles. The summed E-state index contributed by atoms with van der Waals surface area (Å²) in [7, 11) is 0. The number of primary amides is 1. The van der Waals surface area contributed by atoms with Crippen LogP contribution in [0.25, 0.3) is 10.4 Å². The van der Waals surface area contributed by atoms with Crippen LogP contribution < -0.4 is 11.1 Å². The highest BCUT2D eigenvalue weighted by Gasteiger charge is 2.22. The zero-order valence-corrected chi connectivity index (χ0v) is 18.9. The maximum atomic E-state index is 11.7. The van der Waals surface area contributed by atoms with Crippen LogP contribution >= 0.6 is 11.3 Å². The van der Waals surface area contributed by atoms with Gasteiger partial charge in [0.25, 0.3) is 0 Å². The molecule has 0 saturated heterocycles. The standard InChI is InChI=1S/C26H30N2O2S/c1-16(23-7-4-8-24(17(23)2)26(27)30)18-5-3-6-19(13-18)25-12-11-22(31-25)15-28-20-9-10-21(29)14-20/h3-8,11-13,16,20-21,28-29H,9-10,14-15H2,1-2H3,(H2,27,30)/t16-,20-,21-/m1/s1. The van der Waals surface area contributed by atoms with Crippen molar-refractivity contribution >= 4 is 17.2 Å². The summed E-state index contributed by atoms with van der Waals surface area (Å²) in [5, 5.41) is 13.3. The third kappa shape index (κ3) is 4.90. The highest BCUT2D eigenvalue weighted by Crippen LogP contribution is 2.33. The third-order valence-electron chi connectivity index (χ3n) is 6.41. The molecule has 0 aliphatic heterocycles. The van der Waals surface area contributed by atoms with Crippen molar-refractivity contribution in [3.05, 3.63) is 81.7 Å². The second kappa shape index (κ2) is 9.35. The van der Waals surface area contributed by atoms with Gasteiger partial charge in [0.1, 0.15) is 0 Å². The predicted octanol–water partition coefficient (Wildman–Crippen LogP) is 4.98. The van der Waals surface area contributed by atoms with Crippen LogP contribution in [0.1, 0.15) is 64.0 Å². The lowest BCUT2D eigenvalue weighted by atomic mass is 9.87. The number of nitrogens with one attached hydrogen (secondary N) is 1. The fourth-order valence-electron chi connectivity index (χ4n) is 4.55. The number of benzene rings is 2. The number of thiophene rings is 1. The molecule has 1 fully saturated rings. The zero-order chi connectivity index (χ0) is 22.0. The van der Waals surface area contributed by atoms with Gasteiger partial charge >= 0.3 is 0 Å². The molecule has 4 rings (SSSR count). The van der Waals surface area contributed by atoms with Gasteiger partial charge in [-0.2, -0.15) is 0 Å². The van der Waals surface area contributed by atoms with Crippen LogP contribution in [0.4, 0.5) is 0 Å². The van der Waals surface area contributed by atoms with E-state index in [9.17, 15) is 9.90 Å².